The molecule has 0 spiro atoms. The van der Waals surface area contributed by atoms with Gasteiger partial charge in [-0.2, -0.15) is 4.98 Å². The van der Waals surface area contributed by atoms with Crippen molar-refractivity contribution in [3.8, 4) is 11.3 Å². The van der Waals surface area contributed by atoms with Gasteiger partial charge in [-0.15, -0.1) is 0 Å². The predicted octanol–water partition coefficient (Wildman–Crippen LogP) is 5.20. The van der Waals surface area contributed by atoms with Crippen LogP contribution < -0.4 is 10.6 Å². The highest BCUT2D eigenvalue weighted by Crippen LogP contribution is 2.21. The number of hydrogen-bond donors (Lipinski definition) is 2. The number of aryl methyl sites for hydroxylation is 1. The second kappa shape index (κ2) is 10.2. The van der Waals surface area contributed by atoms with Gasteiger partial charge in [-0.1, -0.05) is 60.7 Å². The normalized spacial score (nSPS) is 10.5. The fourth-order valence-electron chi connectivity index (χ4n) is 3.20. The van der Waals surface area contributed by atoms with Crippen LogP contribution in [0.5, 0.6) is 0 Å². The van der Waals surface area contributed by atoms with Crippen LogP contribution in [-0.4, -0.2) is 21.5 Å². The Hall–Kier alpha value is -3.73. The monoisotopic (exact) mass is 395 g/mol. The quantitative estimate of drug-likeness (QED) is 0.382. The Bertz CT molecular complexity index is 1040. The van der Waals surface area contributed by atoms with E-state index in [9.17, 15) is 0 Å². The van der Waals surface area contributed by atoms with E-state index in [4.69, 9.17) is 4.98 Å². The first kappa shape index (κ1) is 19.6. The maximum atomic E-state index is 4.73. The Morgan fingerprint density at radius 3 is 2.20 bits per heavy atom. The van der Waals surface area contributed by atoms with E-state index in [1.807, 2.05) is 42.5 Å². The summed E-state index contributed by atoms with van der Waals surface area (Å²) < 4.78 is 0. The van der Waals surface area contributed by atoms with Gasteiger partial charge in [0.05, 0.1) is 5.69 Å². The first-order valence-electron chi connectivity index (χ1n) is 10.2. The minimum Gasteiger partial charge on any atom is -0.366 e. The molecule has 0 atom stereocenters. The van der Waals surface area contributed by atoms with Gasteiger partial charge in [0.25, 0.3) is 0 Å². The molecule has 0 bridgehead atoms. The van der Waals surface area contributed by atoms with Crippen molar-refractivity contribution in [1.82, 2.24) is 15.0 Å². The predicted molar refractivity (Wildman–Crippen MR) is 122 cm³/mol. The van der Waals surface area contributed by atoms with Gasteiger partial charge in [-0.3, -0.25) is 4.98 Å². The Balaban J connectivity index is 1.45. The summed E-state index contributed by atoms with van der Waals surface area (Å²) in [5.41, 5.74) is 4.47. The molecule has 0 aliphatic rings. The first-order chi connectivity index (χ1) is 14.9. The topological polar surface area (TPSA) is 62.7 Å². The van der Waals surface area contributed by atoms with Crippen LogP contribution in [0.25, 0.3) is 11.3 Å². The van der Waals surface area contributed by atoms with Crippen LogP contribution in [0.3, 0.4) is 0 Å². The molecule has 5 nitrogen and oxygen atoms in total. The minimum absolute atomic E-state index is 0.640. The molecule has 2 heterocycles. The summed E-state index contributed by atoms with van der Waals surface area (Å²) in [7, 11) is 0. The van der Waals surface area contributed by atoms with Gasteiger partial charge in [-0.05, 0) is 36.1 Å². The summed E-state index contributed by atoms with van der Waals surface area (Å²) >= 11 is 0. The van der Waals surface area contributed by atoms with E-state index in [2.05, 4.69) is 57.0 Å². The average Bonchev–Trinajstić information content (AvgIpc) is 2.82. The number of aromatic nitrogens is 3. The van der Waals surface area contributed by atoms with Crippen LogP contribution in [-0.2, 0) is 13.0 Å². The van der Waals surface area contributed by atoms with E-state index >= 15 is 0 Å². The van der Waals surface area contributed by atoms with Crippen molar-refractivity contribution >= 4 is 11.8 Å². The number of rotatable bonds is 9. The van der Waals surface area contributed by atoms with Crippen LogP contribution in [0.4, 0.5) is 11.8 Å². The summed E-state index contributed by atoms with van der Waals surface area (Å²) in [6.45, 7) is 1.50. The molecule has 4 rings (SSSR count). The molecule has 0 aliphatic heterocycles. The Morgan fingerprint density at radius 1 is 0.700 bits per heavy atom. The summed E-state index contributed by atoms with van der Waals surface area (Å²) in [6, 6.07) is 26.7. The van der Waals surface area contributed by atoms with Crippen LogP contribution in [0.1, 0.15) is 17.5 Å². The lowest BCUT2D eigenvalue weighted by Gasteiger charge is -2.12. The van der Waals surface area contributed by atoms with Gasteiger partial charge in [0.1, 0.15) is 5.82 Å². The zero-order valence-electron chi connectivity index (χ0n) is 16.8. The molecular weight excluding hydrogens is 370 g/mol. The molecule has 0 unspecified atom stereocenters. The van der Waals surface area contributed by atoms with E-state index in [1.165, 1.54) is 5.56 Å². The lowest BCUT2D eigenvalue weighted by molar-refractivity contribution is 0.853. The molecule has 0 amide bonds. The average molecular weight is 396 g/mol. The number of hydrogen-bond acceptors (Lipinski definition) is 5. The highest BCUT2D eigenvalue weighted by atomic mass is 15.1. The summed E-state index contributed by atoms with van der Waals surface area (Å²) in [4.78, 5) is 13.5. The maximum absolute atomic E-state index is 4.73. The van der Waals surface area contributed by atoms with E-state index in [1.54, 1.807) is 12.4 Å². The molecule has 0 saturated carbocycles. The molecule has 0 saturated heterocycles. The number of nitrogens with zero attached hydrogens (tertiary/aromatic N) is 3. The molecule has 0 fully saturated rings. The number of nitrogens with one attached hydrogen (secondary N) is 2. The lowest BCUT2D eigenvalue weighted by Crippen LogP contribution is -2.09. The van der Waals surface area contributed by atoms with Gasteiger partial charge in [0, 0.05) is 37.1 Å². The Kier molecular flexibility index (Phi) is 6.63. The van der Waals surface area contributed by atoms with Gasteiger partial charge in [0.2, 0.25) is 5.95 Å². The van der Waals surface area contributed by atoms with Crippen molar-refractivity contribution < 1.29 is 0 Å². The molecular formula is C25H25N5. The maximum Gasteiger partial charge on any atom is 0.225 e. The molecule has 30 heavy (non-hydrogen) atoms. The molecule has 5 heteroatoms. The molecule has 0 aliphatic carbocycles. The van der Waals surface area contributed by atoms with Crippen molar-refractivity contribution in [3.63, 3.8) is 0 Å². The van der Waals surface area contributed by atoms with Crippen molar-refractivity contribution in [2.24, 2.45) is 0 Å². The standard InChI is InChI=1S/C25H25N5/c1-3-8-20(9-4-1)10-7-15-27-25-29-23(22-11-5-2-6-12-22)18-24(30-25)28-19-21-13-16-26-17-14-21/h1-6,8-9,11-14,16-18H,7,10,15,19H2,(H2,27,28,29,30). The number of benzene rings is 2. The second-order valence-corrected chi connectivity index (χ2v) is 7.05. The van der Waals surface area contributed by atoms with Crippen molar-refractivity contribution in [2.75, 3.05) is 17.2 Å². The van der Waals surface area contributed by atoms with E-state index in [0.717, 1.165) is 42.0 Å². The van der Waals surface area contributed by atoms with E-state index < -0.39 is 0 Å². The smallest absolute Gasteiger partial charge is 0.225 e. The van der Waals surface area contributed by atoms with Gasteiger partial charge in [0.15, 0.2) is 0 Å². The number of pyridine rings is 1. The van der Waals surface area contributed by atoms with E-state index in [-0.39, 0.29) is 0 Å². The van der Waals surface area contributed by atoms with Crippen LogP contribution in [0, 0.1) is 0 Å². The Labute approximate surface area is 177 Å². The molecule has 2 N–H and O–H groups in total. The highest BCUT2D eigenvalue weighted by Gasteiger charge is 2.07. The molecule has 150 valence electrons. The van der Waals surface area contributed by atoms with Crippen LogP contribution in [0.2, 0.25) is 0 Å². The third kappa shape index (κ3) is 5.64. The summed E-state index contributed by atoms with van der Waals surface area (Å²) in [6.07, 6.45) is 5.64. The summed E-state index contributed by atoms with van der Waals surface area (Å²) in [5, 5.41) is 6.80. The molecule has 0 radical (unpaired) electrons. The lowest BCUT2D eigenvalue weighted by atomic mass is 10.1. The third-order valence-electron chi connectivity index (χ3n) is 4.79. The number of anilines is 2. The van der Waals surface area contributed by atoms with Gasteiger partial charge in [-0.25, -0.2) is 4.98 Å². The molecule has 2 aromatic carbocycles. The fraction of sp³-hybridized carbons (Fsp3) is 0.160. The summed E-state index contributed by atoms with van der Waals surface area (Å²) in [5.74, 6) is 1.44. The molecule has 4 aromatic rings. The fourth-order valence-corrected chi connectivity index (χ4v) is 3.20. The Morgan fingerprint density at radius 2 is 1.43 bits per heavy atom. The van der Waals surface area contributed by atoms with Gasteiger partial charge >= 0.3 is 0 Å². The van der Waals surface area contributed by atoms with Crippen LogP contribution in [0.15, 0.2) is 91.3 Å². The first-order valence-corrected chi connectivity index (χ1v) is 10.2. The van der Waals surface area contributed by atoms with Crippen molar-refractivity contribution in [3.05, 3.63) is 102 Å². The highest BCUT2D eigenvalue weighted by molar-refractivity contribution is 5.64. The largest absolute Gasteiger partial charge is 0.366 e. The SMILES string of the molecule is c1ccc(CCCNc2nc(NCc3ccncc3)cc(-c3ccccc3)n2)cc1. The third-order valence-corrected chi connectivity index (χ3v) is 4.79. The second-order valence-electron chi connectivity index (χ2n) is 7.05. The zero-order chi connectivity index (χ0) is 20.4. The minimum atomic E-state index is 0.640. The zero-order valence-corrected chi connectivity index (χ0v) is 16.8. The van der Waals surface area contributed by atoms with Crippen molar-refractivity contribution in [2.45, 2.75) is 19.4 Å². The van der Waals surface area contributed by atoms with E-state index in [0.29, 0.717) is 12.5 Å². The van der Waals surface area contributed by atoms with Crippen LogP contribution >= 0.6 is 0 Å². The van der Waals surface area contributed by atoms with Crippen molar-refractivity contribution in [1.29, 1.82) is 0 Å². The van der Waals surface area contributed by atoms with Gasteiger partial charge < -0.3 is 10.6 Å². The molecule has 2 aromatic heterocycles.